The number of hydrogen-bond donors (Lipinski definition) is 2. The van der Waals surface area contributed by atoms with Gasteiger partial charge in [-0.15, -0.1) is 0 Å². The molecule has 4 N–H and O–H groups in total. The molecule has 1 rings (SSSR count). The smallest absolute Gasteiger partial charge is 0.128 e. The highest BCUT2D eigenvalue weighted by molar-refractivity contribution is 7.99. The van der Waals surface area contributed by atoms with Crippen molar-refractivity contribution in [3.05, 3.63) is 22.8 Å². The van der Waals surface area contributed by atoms with Crippen molar-refractivity contribution in [3.63, 3.8) is 0 Å². The third-order valence-corrected chi connectivity index (χ3v) is 3.77. The van der Waals surface area contributed by atoms with Crippen LogP contribution in [0.2, 0.25) is 5.02 Å². The average Bonchev–Trinajstić information content (AvgIpc) is 2.21. The fourth-order valence-electron chi connectivity index (χ4n) is 1.28. The van der Waals surface area contributed by atoms with Crippen LogP contribution < -0.4 is 11.5 Å². The predicted octanol–water partition coefficient (Wildman–Crippen LogP) is 2.71. The maximum Gasteiger partial charge on any atom is 0.128 e. The molecule has 0 amide bonds. The van der Waals surface area contributed by atoms with Crippen molar-refractivity contribution in [2.24, 2.45) is 11.7 Å². The summed E-state index contributed by atoms with van der Waals surface area (Å²) in [5, 5.41) is 0.577. The molecule has 0 saturated carbocycles. The van der Waals surface area contributed by atoms with E-state index in [2.05, 4.69) is 18.8 Å². The Balaban J connectivity index is 2.58. The molecule has 0 fully saturated rings. The van der Waals surface area contributed by atoms with Gasteiger partial charge in [0, 0.05) is 23.6 Å². The Bertz CT molecular complexity index is 344. The summed E-state index contributed by atoms with van der Waals surface area (Å²) >= 11 is 7.69. The molecule has 1 aromatic heterocycles. The molecule has 1 unspecified atom stereocenters. The Hall–Kier alpha value is -0.450. The van der Waals surface area contributed by atoms with Crippen LogP contribution in [0.15, 0.2) is 12.3 Å². The van der Waals surface area contributed by atoms with E-state index >= 15 is 0 Å². The Morgan fingerprint density at radius 2 is 2.12 bits per heavy atom. The molecule has 1 atom stereocenters. The highest BCUT2D eigenvalue weighted by atomic mass is 35.5. The summed E-state index contributed by atoms with van der Waals surface area (Å²) in [4.78, 5) is 4.00. The summed E-state index contributed by atoms with van der Waals surface area (Å²) in [5.74, 6) is 3.08. The lowest BCUT2D eigenvalue weighted by atomic mass is 10.1. The summed E-state index contributed by atoms with van der Waals surface area (Å²) in [5.41, 5.74) is 12.7. The van der Waals surface area contributed by atoms with E-state index in [1.165, 1.54) is 6.20 Å². The molecule has 0 spiro atoms. The normalized spacial score (nSPS) is 13.1. The molecule has 0 bridgehead atoms. The van der Waals surface area contributed by atoms with Crippen molar-refractivity contribution in [1.29, 1.82) is 0 Å². The number of thioether (sulfide) groups is 1. The molecular weight excluding hydrogens is 242 g/mol. The molecule has 1 aromatic rings. The standard InChI is InChI=1S/C11H18ClN3S/c1-7(2)5-16-6-10(13)9-3-8(12)4-15-11(9)14/h3-4,7,10H,5-6,13H2,1-2H3,(H2,14,15). The van der Waals surface area contributed by atoms with Crippen LogP contribution >= 0.6 is 23.4 Å². The second-order valence-electron chi connectivity index (χ2n) is 4.17. The summed E-state index contributed by atoms with van der Waals surface area (Å²) in [6.45, 7) is 4.38. The lowest BCUT2D eigenvalue weighted by Gasteiger charge is -2.14. The number of nitrogens with two attached hydrogens (primary N) is 2. The number of pyridine rings is 1. The van der Waals surface area contributed by atoms with Gasteiger partial charge in [0.15, 0.2) is 0 Å². The Morgan fingerprint density at radius 3 is 2.75 bits per heavy atom. The van der Waals surface area contributed by atoms with Gasteiger partial charge in [-0.2, -0.15) is 11.8 Å². The lowest BCUT2D eigenvalue weighted by Crippen LogP contribution is -2.16. The van der Waals surface area contributed by atoms with Gasteiger partial charge >= 0.3 is 0 Å². The van der Waals surface area contributed by atoms with Gasteiger partial charge in [0.1, 0.15) is 5.82 Å². The summed E-state index contributed by atoms with van der Waals surface area (Å²) in [7, 11) is 0. The van der Waals surface area contributed by atoms with E-state index < -0.39 is 0 Å². The van der Waals surface area contributed by atoms with Crippen LogP contribution in [0.3, 0.4) is 0 Å². The van der Waals surface area contributed by atoms with Crippen molar-refractivity contribution >= 4 is 29.2 Å². The first-order chi connectivity index (χ1) is 7.50. The van der Waals surface area contributed by atoms with Crippen LogP contribution in [-0.4, -0.2) is 16.5 Å². The van der Waals surface area contributed by atoms with Crippen LogP contribution in [0.1, 0.15) is 25.5 Å². The summed E-state index contributed by atoms with van der Waals surface area (Å²) in [6.07, 6.45) is 1.54. The highest BCUT2D eigenvalue weighted by Gasteiger charge is 2.11. The average molecular weight is 260 g/mol. The van der Waals surface area contributed by atoms with Crippen molar-refractivity contribution in [3.8, 4) is 0 Å². The molecule has 0 aromatic carbocycles. The van der Waals surface area contributed by atoms with E-state index in [0.29, 0.717) is 16.8 Å². The molecule has 0 saturated heterocycles. The number of anilines is 1. The zero-order valence-corrected chi connectivity index (χ0v) is 11.2. The second-order valence-corrected chi connectivity index (χ2v) is 5.68. The topological polar surface area (TPSA) is 64.9 Å². The van der Waals surface area contributed by atoms with Crippen molar-refractivity contribution < 1.29 is 0 Å². The number of halogens is 1. The van der Waals surface area contributed by atoms with E-state index in [1.54, 1.807) is 6.07 Å². The minimum absolute atomic E-state index is 0.102. The largest absolute Gasteiger partial charge is 0.383 e. The molecule has 1 heterocycles. The first-order valence-electron chi connectivity index (χ1n) is 5.25. The second kappa shape index (κ2) is 6.33. The van der Waals surface area contributed by atoms with Gasteiger partial charge in [0.2, 0.25) is 0 Å². The molecule has 0 aliphatic heterocycles. The highest BCUT2D eigenvalue weighted by Crippen LogP contribution is 2.23. The van der Waals surface area contributed by atoms with E-state index in [0.717, 1.165) is 17.1 Å². The molecule has 5 heteroatoms. The van der Waals surface area contributed by atoms with Crippen LogP contribution in [0, 0.1) is 5.92 Å². The Morgan fingerprint density at radius 1 is 1.44 bits per heavy atom. The van der Waals surface area contributed by atoms with E-state index in [1.807, 2.05) is 11.8 Å². The zero-order valence-electron chi connectivity index (χ0n) is 9.61. The van der Waals surface area contributed by atoms with E-state index in [4.69, 9.17) is 23.1 Å². The fourth-order valence-corrected chi connectivity index (χ4v) is 2.49. The van der Waals surface area contributed by atoms with Gasteiger partial charge in [0.05, 0.1) is 5.02 Å². The quantitative estimate of drug-likeness (QED) is 0.853. The minimum Gasteiger partial charge on any atom is -0.383 e. The van der Waals surface area contributed by atoms with Gasteiger partial charge in [-0.3, -0.25) is 0 Å². The lowest BCUT2D eigenvalue weighted by molar-refractivity contribution is 0.746. The molecule has 90 valence electrons. The first-order valence-corrected chi connectivity index (χ1v) is 6.78. The van der Waals surface area contributed by atoms with Crippen molar-refractivity contribution in [1.82, 2.24) is 4.98 Å². The number of aromatic nitrogens is 1. The molecular formula is C11H18ClN3S. The third-order valence-electron chi connectivity index (χ3n) is 2.06. The van der Waals surface area contributed by atoms with Gasteiger partial charge in [-0.05, 0) is 17.7 Å². The monoisotopic (exact) mass is 259 g/mol. The molecule has 3 nitrogen and oxygen atoms in total. The molecule has 16 heavy (non-hydrogen) atoms. The SMILES string of the molecule is CC(C)CSCC(N)c1cc(Cl)cnc1N. The predicted molar refractivity (Wildman–Crippen MR) is 72.8 cm³/mol. The van der Waals surface area contributed by atoms with Crippen LogP contribution in [0.4, 0.5) is 5.82 Å². The maximum atomic E-state index is 6.05. The van der Waals surface area contributed by atoms with Crippen molar-refractivity contribution in [2.75, 3.05) is 17.2 Å². The van der Waals surface area contributed by atoms with Gasteiger partial charge in [0.25, 0.3) is 0 Å². The Labute approximate surface area is 106 Å². The maximum absolute atomic E-state index is 6.05. The van der Waals surface area contributed by atoms with Crippen LogP contribution in [0.5, 0.6) is 0 Å². The number of rotatable bonds is 5. The summed E-state index contributed by atoms with van der Waals surface area (Å²) < 4.78 is 0. The fraction of sp³-hybridized carbons (Fsp3) is 0.545. The van der Waals surface area contributed by atoms with Crippen LogP contribution in [-0.2, 0) is 0 Å². The minimum atomic E-state index is -0.102. The molecule has 0 aliphatic rings. The molecule has 0 radical (unpaired) electrons. The molecule has 0 aliphatic carbocycles. The van der Waals surface area contributed by atoms with Gasteiger partial charge in [-0.25, -0.2) is 4.98 Å². The van der Waals surface area contributed by atoms with Crippen LogP contribution in [0.25, 0.3) is 0 Å². The Kier molecular flexibility index (Phi) is 5.38. The van der Waals surface area contributed by atoms with E-state index in [-0.39, 0.29) is 6.04 Å². The zero-order chi connectivity index (χ0) is 12.1. The number of hydrogen-bond acceptors (Lipinski definition) is 4. The van der Waals surface area contributed by atoms with Crippen molar-refractivity contribution in [2.45, 2.75) is 19.9 Å². The van der Waals surface area contributed by atoms with Gasteiger partial charge < -0.3 is 11.5 Å². The van der Waals surface area contributed by atoms with E-state index in [9.17, 15) is 0 Å². The summed E-state index contributed by atoms with van der Waals surface area (Å²) in [6, 6.07) is 1.69. The number of nitrogens with zero attached hydrogens (tertiary/aromatic N) is 1. The number of nitrogen functional groups attached to an aromatic ring is 1. The third kappa shape index (κ3) is 4.20. The van der Waals surface area contributed by atoms with Gasteiger partial charge in [-0.1, -0.05) is 25.4 Å². The first kappa shape index (κ1) is 13.6.